The van der Waals surface area contributed by atoms with Gasteiger partial charge >= 0.3 is 0 Å². The average molecular weight is 502 g/mol. The van der Waals surface area contributed by atoms with Crippen molar-refractivity contribution in [2.75, 3.05) is 11.4 Å². The molecule has 7 heteroatoms. The quantitative estimate of drug-likeness (QED) is 0.346. The van der Waals surface area contributed by atoms with Gasteiger partial charge in [0.05, 0.1) is 28.9 Å². The predicted molar refractivity (Wildman–Crippen MR) is 146 cm³/mol. The maximum absolute atomic E-state index is 15.4. The summed E-state index contributed by atoms with van der Waals surface area (Å²) in [5.41, 5.74) is 3.86. The molecule has 0 unspecified atom stereocenters. The fourth-order valence-electron chi connectivity index (χ4n) is 4.85. The lowest BCUT2D eigenvalue weighted by Crippen LogP contribution is -2.45. The van der Waals surface area contributed by atoms with Gasteiger partial charge in [-0.2, -0.15) is 0 Å². The van der Waals surface area contributed by atoms with E-state index in [-0.39, 0.29) is 23.8 Å². The van der Waals surface area contributed by atoms with E-state index in [2.05, 4.69) is 31.7 Å². The molecule has 5 rings (SSSR count). The molecular formula is C29H28FN3O2S. The van der Waals surface area contributed by atoms with Gasteiger partial charge in [0.15, 0.2) is 5.17 Å². The van der Waals surface area contributed by atoms with E-state index in [0.29, 0.717) is 21.4 Å². The first-order valence-electron chi connectivity index (χ1n) is 12.0. The number of halogens is 1. The molecule has 2 aliphatic rings. The number of furan rings is 1. The van der Waals surface area contributed by atoms with Crippen LogP contribution in [0, 0.1) is 5.82 Å². The number of aliphatic imine (C=N–C) groups is 1. The second-order valence-electron chi connectivity index (χ2n) is 9.43. The topological polar surface area (TPSA) is 49.0 Å². The summed E-state index contributed by atoms with van der Waals surface area (Å²) < 4.78 is 20.9. The highest BCUT2D eigenvalue weighted by Gasteiger charge is 2.35. The fourth-order valence-corrected chi connectivity index (χ4v) is 5.84. The number of fused-ring (bicyclic) bond motifs is 1. The normalized spacial score (nSPS) is 19.2. The van der Waals surface area contributed by atoms with E-state index in [1.165, 1.54) is 11.8 Å². The number of hydrogen-bond donors (Lipinski definition) is 0. The number of benzene rings is 2. The first kappa shape index (κ1) is 24.1. The predicted octanol–water partition coefficient (Wildman–Crippen LogP) is 7.24. The third-order valence-corrected chi connectivity index (χ3v) is 7.47. The van der Waals surface area contributed by atoms with Crippen LogP contribution in [0.4, 0.5) is 15.8 Å². The Bertz CT molecular complexity index is 1390. The van der Waals surface area contributed by atoms with Crippen molar-refractivity contribution >= 4 is 45.9 Å². The summed E-state index contributed by atoms with van der Waals surface area (Å²) in [4.78, 5) is 22.3. The van der Waals surface area contributed by atoms with Crippen LogP contribution in [0.15, 0.2) is 81.3 Å². The van der Waals surface area contributed by atoms with Crippen LogP contribution in [0.2, 0.25) is 0 Å². The lowest BCUT2D eigenvalue weighted by molar-refractivity contribution is -0.122. The fraction of sp³-hybridized carbons (Fsp3) is 0.241. The van der Waals surface area contributed by atoms with Crippen LogP contribution in [-0.4, -0.2) is 28.1 Å². The average Bonchev–Trinajstić information content (AvgIpc) is 3.45. The van der Waals surface area contributed by atoms with Crippen molar-refractivity contribution in [2.24, 2.45) is 4.99 Å². The molecule has 1 amide bonds. The molecule has 3 heterocycles. The molecule has 0 aliphatic carbocycles. The minimum Gasteiger partial charge on any atom is -0.467 e. The van der Waals surface area contributed by atoms with E-state index >= 15 is 4.39 Å². The van der Waals surface area contributed by atoms with Gasteiger partial charge in [0, 0.05) is 23.4 Å². The number of rotatable bonds is 5. The van der Waals surface area contributed by atoms with E-state index < -0.39 is 0 Å². The lowest BCUT2D eigenvalue weighted by atomic mass is 9.88. The first-order chi connectivity index (χ1) is 17.3. The number of anilines is 1. The zero-order chi connectivity index (χ0) is 25.4. The van der Waals surface area contributed by atoms with Gasteiger partial charge in [-0.3, -0.25) is 9.69 Å². The maximum atomic E-state index is 15.4. The SMILES string of the molecule is CCN1c2cc(F)c(/C=C3/SC(=Nc4ccccc4)N(Cc4ccco4)C3=O)cc2C(C)=CC1(C)C. The Labute approximate surface area is 215 Å². The molecule has 184 valence electrons. The number of likely N-dealkylation sites (N-methyl/N-ethyl adjacent to an activating group) is 1. The molecule has 0 radical (unpaired) electrons. The van der Waals surface area contributed by atoms with Gasteiger partial charge in [-0.05, 0) is 87.5 Å². The van der Waals surface area contributed by atoms with Crippen molar-refractivity contribution in [3.63, 3.8) is 0 Å². The zero-order valence-corrected chi connectivity index (χ0v) is 21.6. The van der Waals surface area contributed by atoms with Crippen LogP contribution in [0.3, 0.4) is 0 Å². The van der Waals surface area contributed by atoms with E-state index in [4.69, 9.17) is 9.41 Å². The second-order valence-corrected chi connectivity index (χ2v) is 10.4. The third-order valence-electron chi connectivity index (χ3n) is 6.46. The number of carbonyl (C=O) groups excluding carboxylic acids is 1. The van der Waals surface area contributed by atoms with Crippen molar-refractivity contribution in [3.05, 3.63) is 94.5 Å². The Hall–Kier alpha value is -3.58. The summed E-state index contributed by atoms with van der Waals surface area (Å²) in [6, 6.07) is 16.5. The molecule has 0 atom stereocenters. The molecule has 2 aromatic carbocycles. The molecule has 0 bridgehead atoms. The van der Waals surface area contributed by atoms with E-state index in [0.717, 1.165) is 29.1 Å². The van der Waals surface area contributed by atoms with Crippen LogP contribution >= 0.6 is 11.8 Å². The third kappa shape index (κ3) is 4.51. The summed E-state index contributed by atoms with van der Waals surface area (Å²) in [6.45, 7) is 9.39. The highest BCUT2D eigenvalue weighted by molar-refractivity contribution is 8.18. The van der Waals surface area contributed by atoms with Crippen molar-refractivity contribution in [1.82, 2.24) is 4.90 Å². The Morgan fingerprint density at radius 1 is 1.14 bits per heavy atom. The van der Waals surface area contributed by atoms with Crippen LogP contribution in [0.25, 0.3) is 11.6 Å². The molecule has 1 fully saturated rings. The van der Waals surface area contributed by atoms with Crippen LogP contribution in [0.5, 0.6) is 0 Å². The maximum Gasteiger partial charge on any atom is 0.267 e. The number of amidine groups is 1. The minimum absolute atomic E-state index is 0.204. The van der Waals surface area contributed by atoms with Crippen molar-refractivity contribution < 1.29 is 13.6 Å². The van der Waals surface area contributed by atoms with E-state index in [9.17, 15) is 4.79 Å². The molecule has 0 N–H and O–H groups in total. The van der Waals surface area contributed by atoms with Crippen LogP contribution < -0.4 is 4.90 Å². The number of carbonyl (C=O) groups is 1. The first-order valence-corrected chi connectivity index (χ1v) is 12.8. The Morgan fingerprint density at radius 3 is 2.61 bits per heavy atom. The van der Waals surface area contributed by atoms with Gasteiger partial charge in [-0.1, -0.05) is 24.3 Å². The number of thioether (sulfide) groups is 1. The summed E-state index contributed by atoms with van der Waals surface area (Å²) in [5, 5.41) is 0.530. The monoisotopic (exact) mass is 501 g/mol. The van der Waals surface area contributed by atoms with Gasteiger partial charge in [0.25, 0.3) is 5.91 Å². The second kappa shape index (κ2) is 9.47. The Balaban J connectivity index is 1.54. The van der Waals surface area contributed by atoms with Gasteiger partial charge in [-0.15, -0.1) is 0 Å². The Kier molecular flexibility index (Phi) is 6.35. The van der Waals surface area contributed by atoms with Gasteiger partial charge < -0.3 is 9.32 Å². The van der Waals surface area contributed by atoms with Crippen LogP contribution in [-0.2, 0) is 11.3 Å². The number of nitrogens with zero attached hydrogens (tertiary/aromatic N) is 3. The smallest absolute Gasteiger partial charge is 0.267 e. The molecule has 1 saturated heterocycles. The summed E-state index contributed by atoms with van der Waals surface area (Å²) in [7, 11) is 0. The molecule has 36 heavy (non-hydrogen) atoms. The zero-order valence-electron chi connectivity index (χ0n) is 20.8. The van der Waals surface area contributed by atoms with E-state index in [1.54, 1.807) is 29.4 Å². The lowest BCUT2D eigenvalue weighted by Gasteiger charge is -2.42. The number of allylic oxidation sites excluding steroid dienone is 1. The highest BCUT2D eigenvalue weighted by Crippen LogP contribution is 2.41. The molecule has 0 saturated carbocycles. The number of para-hydroxylation sites is 1. The Morgan fingerprint density at radius 2 is 1.92 bits per heavy atom. The largest absolute Gasteiger partial charge is 0.467 e. The molecule has 3 aromatic rings. The summed E-state index contributed by atoms with van der Waals surface area (Å²) in [5.74, 6) is 0.0605. The van der Waals surface area contributed by atoms with Gasteiger partial charge in [0.1, 0.15) is 11.6 Å². The molecule has 0 spiro atoms. The standard InChI is InChI=1S/C29H28FN3O2S/c1-5-33-25-16-24(30)20(14-23(25)19(2)17-29(33,3)4)15-26-27(34)32(18-22-12-9-13-35-22)28(36-26)31-21-10-7-6-8-11-21/h6-17H,5,18H2,1-4H3/b26-15+,31-28?. The van der Waals surface area contributed by atoms with E-state index in [1.807, 2.05) is 49.4 Å². The van der Waals surface area contributed by atoms with Gasteiger partial charge in [0.2, 0.25) is 0 Å². The summed E-state index contributed by atoms with van der Waals surface area (Å²) >= 11 is 1.24. The molecular weight excluding hydrogens is 473 g/mol. The number of hydrogen-bond acceptors (Lipinski definition) is 5. The minimum atomic E-state index is -0.357. The highest BCUT2D eigenvalue weighted by atomic mass is 32.2. The molecule has 5 nitrogen and oxygen atoms in total. The van der Waals surface area contributed by atoms with Crippen LogP contribution in [0.1, 0.15) is 44.6 Å². The summed E-state index contributed by atoms with van der Waals surface area (Å²) in [6.07, 6.45) is 5.42. The van der Waals surface area contributed by atoms with Gasteiger partial charge in [-0.25, -0.2) is 9.38 Å². The van der Waals surface area contributed by atoms with Crippen molar-refractivity contribution in [2.45, 2.75) is 39.8 Å². The number of amides is 1. The van der Waals surface area contributed by atoms with Crippen molar-refractivity contribution in [1.29, 1.82) is 0 Å². The molecule has 2 aliphatic heterocycles. The molecule has 1 aromatic heterocycles. The van der Waals surface area contributed by atoms with Crippen molar-refractivity contribution in [3.8, 4) is 0 Å².